The van der Waals surface area contributed by atoms with Gasteiger partial charge in [-0.05, 0) is 55.8 Å². The fraction of sp³-hybridized carbons (Fsp3) is 1.00. The van der Waals surface area contributed by atoms with Crippen LogP contribution in [0.15, 0.2) is 0 Å². The van der Waals surface area contributed by atoms with Crippen LogP contribution in [0.25, 0.3) is 0 Å². The summed E-state index contributed by atoms with van der Waals surface area (Å²) in [4.78, 5) is 0. The lowest BCUT2D eigenvalue weighted by atomic mass is 9.55. The van der Waals surface area contributed by atoms with Crippen molar-refractivity contribution in [1.82, 2.24) is 0 Å². The van der Waals surface area contributed by atoms with Crippen LogP contribution in [-0.4, -0.2) is 0 Å². The molecule has 22 heavy (non-hydrogen) atoms. The molecular formula is C22H40. The molecule has 0 saturated heterocycles. The van der Waals surface area contributed by atoms with Gasteiger partial charge in [0, 0.05) is 0 Å². The lowest BCUT2D eigenvalue weighted by molar-refractivity contribution is 0.00179. The van der Waals surface area contributed by atoms with Crippen LogP contribution in [0.2, 0.25) is 0 Å². The molecule has 0 atom stereocenters. The molecule has 128 valence electrons. The SMILES string of the molecule is C1CCCC(C2(C3CCCCC3)CCCCCCC2)CCC1. The molecular weight excluding hydrogens is 264 g/mol. The molecule has 0 aliphatic heterocycles. The number of hydrogen-bond acceptors (Lipinski definition) is 0. The third kappa shape index (κ3) is 4.09. The summed E-state index contributed by atoms with van der Waals surface area (Å²) in [6.07, 6.45) is 29.4. The Morgan fingerprint density at radius 1 is 0.364 bits per heavy atom. The first-order valence-corrected chi connectivity index (χ1v) is 10.9. The predicted octanol–water partition coefficient (Wildman–Crippen LogP) is 7.66. The summed E-state index contributed by atoms with van der Waals surface area (Å²) in [7, 11) is 0. The molecule has 0 aromatic carbocycles. The monoisotopic (exact) mass is 304 g/mol. The van der Waals surface area contributed by atoms with E-state index in [0.29, 0.717) is 0 Å². The number of hydrogen-bond donors (Lipinski definition) is 0. The Labute approximate surface area is 139 Å². The fourth-order valence-corrected chi connectivity index (χ4v) is 6.42. The Morgan fingerprint density at radius 2 is 0.682 bits per heavy atom. The highest BCUT2D eigenvalue weighted by molar-refractivity contribution is 4.94. The zero-order chi connectivity index (χ0) is 15.1. The molecule has 0 bridgehead atoms. The van der Waals surface area contributed by atoms with Gasteiger partial charge in [-0.1, -0.05) is 83.5 Å². The van der Waals surface area contributed by atoms with Crippen molar-refractivity contribution >= 4 is 0 Å². The summed E-state index contributed by atoms with van der Waals surface area (Å²) in [5.41, 5.74) is 0.776. The second-order valence-corrected chi connectivity index (χ2v) is 8.88. The third-order valence-corrected chi connectivity index (χ3v) is 7.62. The van der Waals surface area contributed by atoms with E-state index >= 15 is 0 Å². The minimum atomic E-state index is 0.776. The molecule has 0 aromatic heterocycles. The first-order chi connectivity index (χ1) is 10.9. The van der Waals surface area contributed by atoms with E-state index in [1.54, 1.807) is 77.0 Å². The van der Waals surface area contributed by atoms with Gasteiger partial charge in [-0.2, -0.15) is 0 Å². The molecule has 3 aliphatic carbocycles. The Morgan fingerprint density at radius 3 is 1.14 bits per heavy atom. The van der Waals surface area contributed by atoms with Crippen molar-refractivity contribution in [1.29, 1.82) is 0 Å². The van der Waals surface area contributed by atoms with Gasteiger partial charge in [0.2, 0.25) is 0 Å². The van der Waals surface area contributed by atoms with E-state index in [1.807, 2.05) is 0 Å². The van der Waals surface area contributed by atoms with E-state index < -0.39 is 0 Å². The van der Waals surface area contributed by atoms with E-state index in [-0.39, 0.29) is 0 Å². The van der Waals surface area contributed by atoms with E-state index in [1.165, 1.54) is 44.9 Å². The van der Waals surface area contributed by atoms with Gasteiger partial charge in [0.1, 0.15) is 0 Å². The lowest BCUT2D eigenvalue weighted by Gasteiger charge is -2.50. The van der Waals surface area contributed by atoms with Crippen molar-refractivity contribution in [2.75, 3.05) is 0 Å². The van der Waals surface area contributed by atoms with Crippen molar-refractivity contribution < 1.29 is 0 Å². The first-order valence-electron chi connectivity index (χ1n) is 10.9. The van der Waals surface area contributed by atoms with Gasteiger partial charge in [0.05, 0.1) is 0 Å². The highest BCUT2D eigenvalue weighted by Crippen LogP contribution is 2.54. The highest BCUT2D eigenvalue weighted by Gasteiger charge is 2.44. The van der Waals surface area contributed by atoms with Crippen LogP contribution < -0.4 is 0 Å². The molecule has 0 heterocycles. The molecule has 0 N–H and O–H groups in total. The van der Waals surface area contributed by atoms with Crippen LogP contribution in [0.1, 0.15) is 122 Å². The molecule has 3 aliphatic rings. The van der Waals surface area contributed by atoms with Crippen LogP contribution in [0.4, 0.5) is 0 Å². The Hall–Kier alpha value is 0. The molecule has 0 heteroatoms. The zero-order valence-corrected chi connectivity index (χ0v) is 15.1. The predicted molar refractivity (Wildman–Crippen MR) is 97.1 cm³/mol. The maximum absolute atomic E-state index is 1.60. The van der Waals surface area contributed by atoms with Crippen molar-refractivity contribution in [2.45, 2.75) is 122 Å². The van der Waals surface area contributed by atoms with Gasteiger partial charge in [-0.3, -0.25) is 0 Å². The Bertz CT molecular complexity index is 283. The van der Waals surface area contributed by atoms with Gasteiger partial charge in [0.15, 0.2) is 0 Å². The average molecular weight is 305 g/mol. The highest BCUT2D eigenvalue weighted by atomic mass is 14.5. The van der Waals surface area contributed by atoms with Crippen LogP contribution >= 0.6 is 0 Å². The summed E-state index contributed by atoms with van der Waals surface area (Å²) in [6.45, 7) is 0. The number of rotatable bonds is 2. The maximum atomic E-state index is 1.60. The summed E-state index contributed by atoms with van der Waals surface area (Å²) in [5, 5.41) is 0. The molecule has 0 amide bonds. The third-order valence-electron chi connectivity index (χ3n) is 7.62. The first kappa shape index (κ1) is 16.8. The normalized spacial score (nSPS) is 30.0. The topological polar surface area (TPSA) is 0 Å². The van der Waals surface area contributed by atoms with Gasteiger partial charge >= 0.3 is 0 Å². The van der Waals surface area contributed by atoms with Crippen LogP contribution in [0, 0.1) is 17.3 Å². The van der Waals surface area contributed by atoms with Gasteiger partial charge < -0.3 is 0 Å². The van der Waals surface area contributed by atoms with Gasteiger partial charge in [-0.25, -0.2) is 0 Å². The largest absolute Gasteiger partial charge is 0.0533 e. The lowest BCUT2D eigenvalue weighted by Crippen LogP contribution is -2.40. The Kier molecular flexibility index (Phi) is 6.69. The maximum Gasteiger partial charge on any atom is -0.0241 e. The molecule has 0 spiro atoms. The summed E-state index contributed by atoms with van der Waals surface area (Å²) >= 11 is 0. The quantitative estimate of drug-likeness (QED) is 0.491. The van der Waals surface area contributed by atoms with Crippen LogP contribution in [-0.2, 0) is 0 Å². The van der Waals surface area contributed by atoms with E-state index in [9.17, 15) is 0 Å². The Balaban J connectivity index is 1.78. The summed E-state index contributed by atoms with van der Waals surface area (Å²) in [6, 6.07) is 0. The van der Waals surface area contributed by atoms with Crippen molar-refractivity contribution in [3.63, 3.8) is 0 Å². The molecule has 0 aromatic rings. The minimum Gasteiger partial charge on any atom is -0.0533 e. The van der Waals surface area contributed by atoms with Gasteiger partial charge in [0.25, 0.3) is 0 Å². The molecule has 0 nitrogen and oxygen atoms in total. The van der Waals surface area contributed by atoms with E-state index in [4.69, 9.17) is 0 Å². The fourth-order valence-electron chi connectivity index (χ4n) is 6.42. The van der Waals surface area contributed by atoms with Crippen LogP contribution in [0.5, 0.6) is 0 Å². The second kappa shape index (κ2) is 8.74. The molecule has 0 unspecified atom stereocenters. The zero-order valence-electron chi connectivity index (χ0n) is 15.1. The van der Waals surface area contributed by atoms with E-state index in [0.717, 1.165) is 17.3 Å². The van der Waals surface area contributed by atoms with Gasteiger partial charge in [-0.15, -0.1) is 0 Å². The van der Waals surface area contributed by atoms with Crippen molar-refractivity contribution in [2.24, 2.45) is 17.3 Å². The molecule has 3 fully saturated rings. The molecule has 3 rings (SSSR count). The smallest absolute Gasteiger partial charge is 0.0241 e. The molecule has 3 saturated carbocycles. The standard InChI is InChI=1S/C22H40/c1-3-8-14-20(15-9-4-1)22(21-16-10-7-11-17-21)18-12-5-2-6-13-19-22/h20-21H,1-19H2. The van der Waals surface area contributed by atoms with Crippen LogP contribution in [0.3, 0.4) is 0 Å². The molecule has 0 radical (unpaired) electrons. The van der Waals surface area contributed by atoms with E-state index in [2.05, 4.69) is 0 Å². The van der Waals surface area contributed by atoms with Crippen molar-refractivity contribution in [3.8, 4) is 0 Å². The van der Waals surface area contributed by atoms with Crippen molar-refractivity contribution in [3.05, 3.63) is 0 Å². The summed E-state index contributed by atoms with van der Waals surface area (Å²) in [5.74, 6) is 2.19. The second-order valence-electron chi connectivity index (χ2n) is 8.88. The average Bonchev–Trinajstić information content (AvgIpc) is 2.49. The minimum absolute atomic E-state index is 0.776. The summed E-state index contributed by atoms with van der Waals surface area (Å²) < 4.78 is 0.